The van der Waals surface area contributed by atoms with Gasteiger partial charge in [-0.3, -0.25) is 9.10 Å². The zero-order valence-electron chi connectivity index (χ0n) is 17.4. The Hall–Kier alpha value is -3.32. The minimum absolute atomic E-state index is 0.133. The fourth-order valence-corrected chi connectivity index (χ4v) is 4.59. The third-order valence-electron chi connectivity index (χ3n) is 4.69. The van der Waals surface area contributed by atoms with Crippen molar-refractivity contribution in [2.75, 3.05) is 24.0 Å². The second kappa shape index (κ2) is 10.6. The molecule has 6 nitrogen and oxygen atoms in total. The molecule has 0 saturated carbocycles. The van der Waals surface area contributed by atoms with E-state index in [2.05, 4.69) is 5.32 Å². The Balaban J connectivity index is 1.54. The molecule has 1 amide bonds. The number of nitrogens with zero attached hydrogens (tertiary/aromatic N) is 1. The summed E-state index contributed by atoms with van der Waals surface area (Å²) in [4.78, 5) is 12.1. The van der Waals surface area contributed by atoms with Crippen LogP contribution in [0.4, 0.5) is 5.69 Å². The van der Waals surface area contributed by atoms with Crippen molar-refractivity contribution < 1.29 is 17.9 Å². The predicted octanol–water partition coefficient (Wildman–Crippen LogP) is 3.64. The maximum absolute atomic E-state index is 13.0. The van der Waals surface area contributed by atoms with Crippen LogP contribution >= 0.6 is 0 Å². The third kappa shape index (κ3) is 6.08. The molecule has 0 heterocycles. The van der Waals surface area contributed by atoms with Crippen LogP contribution in [0, 0.1) is 0 Å². The second-order valence-electron chi connectivity index (χ2n) is 6.85. The Labute approximate surface area is 183 Å². The minimum Gasteiger partial charge on any atom is -0.484 e. The van der Waals surface area contributed by atoms with E-state index in [1.165, 1.54) is 16.4 Å². The molecule has 0 aliphatic heterocycles. The fraction of sp³-hybridized carbons (Fsp3) is 0.208. The van der Waals surface area contributed by atoms with Gasteiger partial charge in [0.1, 0.15) is 5.75 Å². The highest BCUT2D eigenvalue weighted by Gasteiger charge is 2.23. The lowest BCUT2D eigenvalue weighted by Crippen LogP contribution is -2.31. The molecule has 0 bridgehead atoms. The number of amides is 1. The van der Waals surface area contributed by atoms with E-state index in [0.29, 0.717) is 24.5 Å². The van der Waals surface area contributed by atoms with Crippen molar-refractivity contribution in [3.8, 4) is 5.75 Å². The van der Waals surface area contributed by atoms with Crippen LogP contribution in [-0.2, 0) is 21.2 Å². The number of carbonyl (C=O) groups excluding carboxylic acids is 1. The van der Waals surface area contributed by atoms with Crippen LogP contribution in [0.1, 0.15) is 12.5 Å². The molecule has 0 radical (unpaired) electrons. The van der Waals surface area contributed by atoms with E-state index < -0.39 is 10.0 Å². The summed E-state index contributed by atoms with van der Waals surface area (Å²) in [7, 11) is -3.69. The van der Waals surface area contributed by atoms with Crippen molar-refractivity contribution in [3.05, 3.63) is 90.5 Å². The monoisotopic (exact) mass is 438 g/mol. The Morgan fingerprint density at radius 3 is 2.13 bits per heavy atom. The van der Waals surface area contributed by atoms with Gasteiger partial charge in [-0.05, 0) is 55.3 Å². The highest BCUT2D eigenvalue weighted by molar-refractivity contribution is 7.92. The van der Waals surface area contributed by atoms with Gasteiger partial charge in [0, 0.05) is 13.1 Å². The molecule has 0 aliphatic rings. The SMILES string of the molecule is CCN(c1ccccc1)S(=O)(=O)c1ccc(OCC(=O)NCCc2ccccc2)cc1. The number of para-hydroxylation sites is 1. The van der Waals surface area contributed by atoms with Crippen LogP contribution < -0.4 is 14.4 Å². The molecular weight excluding hydrogens is 412 g/mol. The summed E-state index contributed by atoms with van der Waals surface area (Å²) in [5.41, 5.74) is 1.76. The van der Waals surface area contributed by atoms with Crippen molar-refractivity contribution in [1.29, 1.82) is 0 Å². The summed E-state index contributed by atoms with van der Waals surface area (Å²) in [6.07, 6.45) is 0.745. The molecule has 31 heavy (non-hydrogen) atoms. The van der Waals surface area contributed by atoms with Crippen molar-refractivity contribution >= 4 is 21.6 Å². The van der Waals surface area contributed by atoms with Gasteiger partial charge in [0.05, 0.1) is 10.6 Å². The Kier molecular flexibility index (Phi) is 7.67. The lowest BCUT2D eigenvalue weighted by atomic mass is 10.1. The van der Waals surface area contributed by atoms with E-state index in [1.807, 2.05) is 36.4 Å². The first-order valence-corrected chi connectivity index (χ1v) is 11.6. The topological polar surface area (TPSA) is 75.7 Å². The standard InChI is InChI=1S/C24H26N2O4S/c1-2-26(21-11-7-4-8-12-21)31(28,29)23-15-13-22(14-16-23)30-19-24(27)25-18-17-20-9-5-3-6-10-20/h3-16H,2,17-19H2,1H3,(H,25,27). The Bertz CT molecular complexity index is 1070. The average molecular weight is 439 g/mol. The van der Waals surface area contributed by atoms with E-state index in [9.17, 15) is 13.2 Å². The van der Waals surface area contributed by atoms with E-state index >= 15 is 0 Å². The first-order chi connectivity index (χ1) is 15.0. The number of hydrogen-bond donors (Lipinski definition) is 1. The number of benzene rings is 3. The number of sulfonamides is 1. The van der Waals surface area contributed by atoms with E-state index in [4.69, 9.17) is 4.74 Å². The van der Waals surface area contributed by atoms with Gasteiger partial charge in [0.25, 0.3) is 15.9 Å². The van der Waals surface area contributed by atoms with Crippen molar-refractivity contribution in [3.63, 3.8) is 0 Å². The first-order valence-electron chi connectivity index (χ1n) is 10.1. The molecule has 1 N–H and O–H groups in total. The highest BCUT2D eigenvalue weighted by Crippen LogP contribution is 2.24. The Morgan fingerprint density at radius 1 is 0.903 bits per heavy atom. The van der Waals surface area contributed by atoms with Crippen LogP contribution in [0.15, 0.2) is 89.8 Å². The van der Waals surface area contributed by atoms with Crippen LogP contribution in [0.2, 0.25) is 0 Å². The summed E-state index contributed by atoms with van der Waals surface area (Å²) < 4.78 is 32.8. The van der Waals surface area contributed by atoms with Gasteiger partial charge < -0.3 is 10.1 Å². The van der Waals surface area contributed by atoms with Crippen LogP contribution in [0.3, 0.4) is 0 Å². The van der Waals surface area contributed by atoms with Gasteiger partial charge in [0.15, 0.2) is 6.61 Å². The van der Waals surface area contributed by atoms with Crippen LogP contribution in [0.5, 0.6) is 5.75 Å². The molecule has 162 valence electrons. The summed E-state index contributed by atoms with van der Waals surface area (Å²) in [5, 5.41) is 2.81. The first kappa shape index (κ1) is 22.4. The smallest absolute Gasteiger partial charge is 0.264 e. The average Bonchev–Trinajstić information content (AvgIpc) is 2.80. The number of anilines is 1. The minimum atomic E-state index is -3.69. The number of carbonyl (C=O) groups is 1. The van der Waals surface area contributed by atoms with Gasteiger partial charge in [-0.15, -0.1) is 0 Å². The normalized spacial score (nSPS) is 11.0. The van der Waals surface area contributed by atoms with Crippen LogP contribution in [0.25, 0.3) is 0 Å². The molecule has 0 unspecified atom stereocenters. The summed E-state index contributed by atoms with van der Waals surface area (Å²) in [6.45, 7) is 2.49. The van der Waals surface area contributed by atoms with Crippen LogP contribution in [-0.4, -0.2) is 34.0 Å². The van der Waals surface area contributed by atoms with Gasteiger partial charge in [-0.25, -0.2) is 8.42 Å². The van der Waals surface area contributed by atoms with Gasteiger partial charge in [-0.1, -0.05) is 48.5 Å². The predicted molar refractivity (Wildman–Crippen MR) is 122 cm³/mol. The molecule has 3 aromatic carbocycles. The summed E-state index contributed by atoms with van der Waals surface area (Å²) in [6, 6.07) is 25.0. The van der Waals surface area contributed by atoms with Crippen molar-refractivity contribution in [2.45, 2.75) is 18.2 Å². The highest BCUT2D eigenvalue weighted by atomic mass is 32.2. The fourth-order valence-electron chi connectivity index (χ4n) is 3.11. The van der Waals surface area contributed by atoms with E-state index in [-0.39, 0.29) is 17.4 Å². The zero-order chi connectivity index (χ0) is 22.1. The molecule has 0 atom stereocenters. The largest absolute Gasteiger partial charge is 0.484 e. The van der Waals surface area contributed by atoms with Gasteiger partial charge in [0.2, 0.25) is 0 Å². The van der Waals surface area contributed by atoms with Crippen molar-refractivity contribution in [1.82, 2.24) is 5.32 Å². The lowest BCUT2D eigenvalue weighted by Gasteiger charge is -2.23. The molecule has 3 rings (SSSR count). The molecule has 0 fully saturated rings. The van der Waals surface area contributed by atoms with Gasteiger partial charge >= 0.3 is 0 Å². The second-order valence-corrected chi connectivity index (χ2v) is 8.71. The number of ether oxygens (including phenoxy) is 1. The molecule has 7 heteroatoms. The molecule has 0 saturated heterocycles. The van der Waals surface area contributed by atoms with E-state index in [0.717, 1.165) is 12.0 Å². The maximum Gasteiger partial charge on any atom is 0.264 e. The number of nitrogens with one attached hydrogen (secondary N) is 1. The summed E-state index contributed by atoms with van der Waals surface area (Å²) >= 11 is 0. The van der Waals surface area contributed by atoms with E-state index in [1.54, 1.807) is 43.3 Å². The number of rotatable bonds is 10. The summed E-state index contributed by atoms with van der Waals surface area (Å²) in [5.74, 6) is 0.203. The molecule has 0 aromatic heterocycles. The lowest BCUT2D eigenvalue weighted by molar-refractivity contribution is -0.123. The zero-order valence-corrected chi connectivity index (χ0v) is 18.2. The molecule has 0 aliphatic carbocycles. The van der Waals surface area contributed by atoms with Gasteiger partial charge in [-0.2, -0.15) is 0 Å². The molecule has 3 aromatic rings. The third-order valence-corrected chi connectivity index (χ3v) is 6.61. The number of hydrogen-bond acceptors (Lipinski definition) is 4. The van der Waals surface area contributed by atoms with Crippen molar-refractivity contribution in [2.24, 2.45) is 0 Å². The Morgan fingerprint density at radius 2 is 1.52 bits per heavy atom. The quantitative estimate of drug-likeness (QED) is 0.524. The molecular formula is C24H26N2O4S. The molecule has 0 spiro atoms. The maximum atomic E-state index is 13.0.